The molecule has 7 heteroatoms. The van der Waals surface area contributed by atoms with Gasteiger partial charge in [0.1, 0.15) is 0 Å². The van der Waals surface area contributed by atoms with Crippen LogP contribution in [0.2, 0.25) is 0 Å². The van der Waals surface area contributed by atoms with Crippen molar-refractivity contribution in [2.75, 3.05) is 0 Å². The van der Waals surface area contributed by atoms with Crippen molar-refractivity contribution < 1.29 is 8.42 Å². The first-order chi connectivity index (χ1) is 8.51. The lowest BCUT2D eigenvalue weighted by Crippen LogP contribution is -2.31. The molecule has 0 radical (unpaired) electrons. The summed E-state index contributed by atoms with van der Waals surface area (Å²) in [5.41, 5.74) is 6.75. The predicted octanol–water partition coefficient (Wildman–Crippen LogP) is 1.62. The van der Waals surface area contributed by atoms with Crippen molar-refractivity contribution in [3.63, 3.8) is 0 Å². The average Bonchev–Trinajstić information content (AvgIpc) is 2.76. The molecule has 2 N–H and O–H groups in total. The fourth-order valence-electron chi connectivity index (χ4n) is 1.44. The second kappa shape index (κ2) is 5.29. The maximum atomic E-state index is 12.0. The fourth-order valence-corrected chi connectivity index (χ4v) is 3.43. The van der Waals surface area contributed by atoms with Crippen LogP contribution < -0.4 is 10.9 Å². The summed E-state index contributed by atoms with van der Waals surface area (Å²) in [5.74, 6) is 0. The number of benzene rings is 1. The van der Waals surface area contributed by atoms with Gasteiger partial charge in [0.15, 0.2) is 5.17 Å². The van der Waals surface area contributed by atoms with E-state index in [1.165, 1.54) is 11.8 Å². The minimum Gasteiger partial charge on any atom is -0.299 e. The summed E-state index contributed by atoms with van der Waals surface area (Å²) in [4.78, 5) is 0.211. The van der Waals surface area contributed by atoms with Crippen LogP contribution in [-0.4, -0.2) is 19.0 Å². The Morgan fingerprint density at radius 1 is 1.33 bits per heavy atom. The summed E-state index contributed by atoms with van der Waals surface area (Å²) in [6.45, 7) is 3.93. The molecule has 1 aromatic rings. The molecule has 2 rings (SSSR count). The first-order valence-electron chi connectivity index (χ1n) is 5.61. The molecule has 1 heterocycles. The largest absolute Gasteiger partial charge is 0.299 e. The van der Waals surface area contributed by atoms with Crippen molar-refractivity contribution in [1.82, 2.24) is 10.9 Å². The van der Waals surface area contributed by atoms with Crippen LogP contribution in [0.15, 0.2) is 33.6 Å². The van der Waals surface area contributed by atoms with Gasteiger partial charge in [0, 0.05) is 0 Å². The molecule has 1 fully saturated rings. The topological polar surface area (TPSA) is 70.6 Å². The van der Waals surface area contributed by atoms with Crippen molar-refractivity contribution >= 4 is 27.0 Å². The van der Waals surface area contributed by atoms with Crippen LogP contribution >= 0.6 is 11.8 Å². The highest BCUT2D eigenvalue weighted by Crippen LogP contribution is 2.20. The van der Waals surface area contributed by atoms with E-state index in [0.717, 1.165) is 12.0 Å². The smallest absolute Gasteiger partial charge is 0.284 e. The van der Waals surface area contributed by atoms with Gasteiger partial charge in [-0.05, 0) is 25.5 Å². The zero-order valence-corrected chi connectivity index (χ0v) is 11.8. The highest BCUT2D eigenvalue weighted by Gasteiger charge is 2.22. The van der Waals surface area contributed by atoms with E-state index in [1.54, 1.807) is 24.3 Å². The Labute approximate surface area is 111 Å². The monoisotopic (exact) mass is 285 g/mol. The molecular formula is C11H15N3O2S2. The highest BCUT2D eigenvalue weighted by molar-refractivity contribution is 8.15. The number of amidine groups is 1. The van der Waals surface area contributed by atoms with E-state index in [9.17, 15) is 8.42 Å². The number of hydrogen-bond donors (Lipinski definition) is 2. The van der Waals surface area contributed by atoms with Gasteiger partial charge in [0.2, 0.25) is 0 Å². The molecule has 1 unspecified atom stereocenters. The van der Waals surface area contributed by atoms with E-state index in [4.69, 9.17) is 0 Å². The molecule has 0 amide bonds. The van der Waals surface area contributed by atoms with E-state index in [1.807, 2.05) is 13.8 Å². The van der Waals surface area contributed by atoms with Gasteiger partial charge < -0.3 is 0 Å². The number of nitrogens with zero attached hydrogens (tertiary/aromatic N) is 1. The quantitative estimate of drug-likeness (QED) is 0.883. The van der Waals surface area contributed by atoms with Gasteiger partial charge in [-0.2, -0.15) is 8.42 Å². The molecular weight excluding hydrogens is 270 g/mol. The van der Waals surface area contributed by atoms with Crippen LogP contribution in [0.3, 0.4) is 0 Å². The van der Waals surface area contributed by atoms with Gasteiger partial charge in [0.05, 0.1) is 10.3 Å². The minimum atomic E-state index is -3.63. The highest BCUT2D eigenvalue weighted by atomic mass is 32.2. The van der Waals surface area contributed by atoms with Gasteiger partial charge in [-0.3, -0.25) is 5.43 Å². The molecule has 1 atom stereocenters. The third kappa shape index (κ3) is 3.04. The summed E-state index contributed by atoms with van der Waals surface area (Å²) >= 11 is 1.38. The first kappa shape index (κ1) is 13.4. The zero-order chi connectivity index (χ0) is 13.2. The lowest BCUT2D eigenvalue weighted by Gasteiger charge is -2.00. The third-order valence-corrected chi connectivity index (χ3v) is 5.05. The Morgan fingerprint density at radius 2 is 2.00 bits per heavy atom. The van der Waals surface area contributed by atoms with Crippen molar-refractivity contribution in [3.05, 3.63) is 29.8 Å². The number of sulfonamides is 1. The van der Waals surface area contributed by atoms with Gasteiger partial charge in [0.25, 0.3) is 10.0 Å². The molecule has 1 saturated heterocycles. The Morgan fingerprint density at radius 3 is 2.56 bits per heavy atom. The molecule has 1 aromatic carbocycles. The van der Waals surface area contributed by atoms with Gasteiger partial charge >= 0.3 is 0 Å². The SMILES string of the molecule is CCC1NNC(=NS(=O)(=O)c2ccc(C)cc2)S1. The van der Waals surface area contributed by atoms with Gasteiger partial charge in [-0.15, -0.1) is 4.40 Å². The predicted molar refractivity (Wildman–Crippen MR) is 73.7 cm³/mol. The molecule has 0 spiro atoms. The fraction of sp³-hybridized carbons (Fsp3) is 0.364. The number of hydrogen-bond acceptors (Lipinski definition) is 4. The summed E-state index contributed by atoms with van der Waals surface area (Å²) in [7, 11) is -3.63. The maximum Gasteiger partial charge on any atom is 0.284 e. The summed E-state index contributed by atoms with van der Waals surface area (Å²) in [6, 6.07) is 6.66. The van der Waals surface area contributed by atoms with Crippen molar-refractivity contribution in [3.8, 4) is 0 Å². The molecule has 18 heavy (non-hydrogen) atoms. The van der Waals surface area contributed by atoms with E-state index < -0.39 is 10.0 Å². The Kier molecular flexibility index (Phi) is 3.94. The molecule has 5 nitrogen and oxygen atoms in total. The first-order valence-corrected chi connectivity index (χ1v) is 7.93. The molecule has 1 aliphatic rings. The third-order valence-electron chi connectivity index (χ3n) is 2.49. The van der Waals surface area contributed by atoms with E-state index in [0.29, 0.717) is 5.17 Å². The molecule has 98 valence electrons. The van der Waals surface area contributed by atoms with Crippen molar-refractivity contribution in [1.29, 1.82) is 0 Å². The molecule has 0 bridgehead atoms. The van der Waals surface area contributed by atoms with Crippen LogP contribution in [0.1, 0.15) is 18.9 Å². The molecule has 0 aromatic heterocycles. The van der Waals surface area contributed by atoms with Crippen molar-refractivity contribution in [2.45, 2.75) is 30.5 Å². The Hall–Kier alpha value is -1.05. The molecule has 0 saturated carbocycles. The summed E-state index contributed by atoms with van der Waals surface area (Å²) in [6.07, 6.45) is 0.890. The van der Waals surface area contributed by atoms with E-state index in [2.05, 4.69) is 15.2 Å². The molecule has 1 aliphatic heterocycles. The number of rotatable bonds is 3. The van der Waals surface area contributed by atoms with Crippen LogP contribution in [0.25, 0.3) is 0 Å². The number of hydrazine groups is 1. The number of thioether (sulfide) groups is 1. The Balaban J connectivity index is 2.22. The number of aryl methyl sites for hydroxylation is 1. The van der Waals surface area contributed by atoms with Gasteiger partial charge in [-0.25, -0.2) is 5.43 Å². The standard InChI is InChI=1S/C11H15N3O2S2/c1-3-10-12-13-11(17-10)14-18(15,16)9-6-4-8(2)5-7-9/h4-7,10,12H,3H2,1-2H3,(H,13,14). The lowest BCUT2D eigenvalue weighted by molar-refractivity contribution is 0.596. The van der Waals surface area contributed by atoms with Crippen LogP contribution in [-0.2, 0) is 10.0 Å². The van der Waals surface area contributed by atoms with Crippen LogP contribution in [0, 0.1) is 6.92 Å². The van der Waals surface area contributed by atoms with Crippen molar-refractivity contribution in [2.24, 2.45) is 4.40 Å². The lowest BCUT2D eigenvalue weighted by atomic mass is 10.2. The maximum absolute atomic E-state index is 12.0. The van der Waals surface area contributed by atoms with Gasteiger partial charge in [-0.1, -0.05) is 36.4 Å². The second-order valence-corrected chi connectivity index (χ2v) is 6.76. The van der Waals surface area contributed by atoms with E-state index in [-0.39, 0.29) is 10.3 Å². The number of nitrogens with one attached hydrogen (secondary N) is 2. The second-order valence-electron chi connectivity index (χ2n) is 3.97. The zero-order valence-electron chi connectivity index (χ0n) is 10.2. The average molecular weight is 285 g/mol. The normalized spacial score (nSPS) is 22.1. The summed E-state index contributed by atoms with van der Waals surface area (Å²) in [5, 5.41) is 0.555. The Bertz CT molecular complexity index is 552. The molecule has 0 aliphatic carbocycles. The summed E-state index contributed by atoms with van der Waals surface area (Å²) < 4.78 is 27.8. The minimum absolute atomic E-state index is 0.164. The van der Waals surface area contributed by atoms with Crippen LogP contribution in [0.4, 0.5) is 0 Å². The van der Waals surface area contributed by atoms with E-state index >= 15 is 0 Å². The van der Waals surface area contributed by atoms with Crippen LogP contribution in [0.5, 0.6) is 0 Å².